The van der Waals surface area contributed by atoms with Crippen LogP contribution in [0.5, 0.6) is 0 Å². The highest BCUT2D eigenvalue weighted by molar-refractivity contribution is 7.85. The Bertz CT molecular complexity index is 382. The highest BCUT2D eigenvalue weighted by Crippen LogP contribution is 2.16. The number of benzene rings is 1. The van der Waals surface area contributed by atoms with Gasteiger partial charge >= 0.3 is 0 Å². The molecule has 0 amide bonds. The fourth-order valence-electron chi connectivity index (χ4n) is 1.22. The predicted molar refractivity (Wildman–Crippen MR) is 48.4 cm³/mol. The van der Waals surface area contributed by atoms with Gasteiger partial charge in [0.1, 0.15) is 10.1 Å². The van der Waals surface area contributed by atoms with E-state index in [2.05, 4.69) is 0 Å². The standard InChI is InChI=1S/C9H12O3S/c1-2-5-8-6-3-4-7-9(8)13(10,11)12/h3-4,6-7H,2,5H2,1H3,(H,10,11,12)/p-1. The van der Waals surface area contributed by atoms with Gasteiger partial charge in [0.25, 0.3) is 0 Å². The van der Waals surface area contributed by atoms with Gasteiger partial charge < -0.3 is 4.55 Å². The molecule has 0 saturated carbocycles. The maximum absolute atomic E-state index is 10.8. The van der Waals surface area contributed by atoms with E-state index in [-0.39, 0.29) is 4.90 Å². The highest BCUT2D eigenvalue weighted by atomic mass is 32.2. The lowest BCUT2D eigenvalue weighted by Crippen LogP contribution is -2.02. The van der Waals surface area contributed by atoms with Gasteiger partial charge in [-0.15, -0.1) is 0 Å². The lowest BCUT2D eigenvalue weighted by Gasteiger charge is -2.11. The maximum atomic E-state index is 10.8. The Hall–Kier alpha value is -0.870. The molecule has 72 valence electrons. The van der Waals surface area contributed by atoms with E-state index in [0.717, 1.165) is 6.42 Å². The fraction of sp³-hybridized carbons (Fsp3) is 0.333. The predicted octanol–water partition coefficient (Wildman–Crippen LogP) is 1.54. The fourth-order valence-corrected chi connectivity index (χ4v) is 1.96. The first-order chi connectivity index (χ1) is 6.05. The van der Waals surface area contributed by atoms with Crippen LogP contribution in [0.25, 0.3) is 0 Å². The molecule has 1 aromatic carbocycles. The molecule has 0 unspecified atom stereocenters. The van der Waals surface area contributed by atoms with E-state index in [9.17, 15) is 13.0 Å². The summed E-state index contributed by atoms with van der Waals surface area (Å²) in [4.78, 5) is -0.0862. The molecule has 0 radical (unpaired) electrons. The molecule has 0 aromatic heterocycles. The van der Waals surface area contributed by atoms with Gasteiger partial charge in [0.05, 0.1) is 4.90 Å². The minimum Gasteiger partial charge on any atom is -0.744 e. The van der Waals surface area contributed by atoms with Crippen LogP contribution in [0.15, 0.2) is 29.2 Å². The van der Waals surface area contributed by atoms with Gasteiger partial charge in [0.15, 0.2) is 0 Å². The Morgan fingerprint density at radius 2 is 1.92 bits per heavy atom. The Labute approximate surface area is 78.2 Å². The van der Waals surface area contributed by atoms with Crippen molar-refractivity contribution >= 4 is 10.1 Å². The molecular weight excluding hydrogens is 188 g/mol. The first-order valence-electron chi connectivity index (χ1n) is 4.09. The van der Waals surface area contributed by atoms with E-state index in [1.807, 2.05) is 6.92 Å². The molecular formula is C9H11O3S-. The average Bonchev–Trinajstić information content (AvgIpc) is 2.04. The molecule has 0 saturated heterocycles. The second kappa shape index (κ2) is 3.89. The number of hydrogen-bond acceptors (Lipinski definition) is 3. The van der Waals surface area contributed by atoms with Crippen molar-refractivity contribution < 1.29 is 13.0 Å². The minimum atomic E-state index is -4.31. The van der Waals surface area contributed by atoms with E-state index >= 15 is 0 Å². The van der Waals surface area contributed by atoms with Crippen molar-refractivity contribution in [2.45, 2.75) is 24.7 Å². The maximum Gasteiger partial charge on any atom is 0.124 e. The van der Waals surface area contributed by atoms with Crippen LogP contribution in [0.3, 0.4) is 0 Å². The van der Waals surface area contributed by atoms with Crippen LogP contribution in [-0.2, 0) is 16.5 Å². The zero-order valence-corrected chi connectivity index (χ0v) is 8.17. The van der Waals surface area contributed by atoms with E-state index in [4.69, 9.17) is 0 Å². The van der Waals surface area contributed by atoms with Crippen LogP contribution >= 0.6 is 0 Å². The summed E-state index contributed by atoms with van der Waals surface area (Å²) in [6.45, 7) is 1.94. The molecule has 13 heavy (non-hydrogen) atoms. The molecule has 0 spiro atoms. The molecule has 0 aliphatic carbocycles. The van der Waals surface area contributed by atoms with E-state index < -0.39 is 10.1 Å². The van der Waals surface area contributed by atoms with Crippen LogP contribution in [-0.4, -0.2) is 13.0 Å². The van der Waals surface area contributed by atoms with Crippen molar-refractivity contribution in [3.8, 4) is 0 Å². The molecule has 0 atom stereocenters. The summed E-state index contributed by atoms with van der Waals surface area (Å²) < 4.78 is 32.3. The van der Waals surface area contributed by atoms with Crippen LogP contribution in [0, 0.1) is 0 Å². The summed E-state index contributed by atoms with van der Waals surface area (Å²) in [7, 11) is -4.31. The molecule has 3 nitrogen and oxygen atoms in total. The van der Waals surface area contributed by atoms with Crippen LogP contribution in [0.1, 0.15) is 18.9 Å². The summed E-state index contributed by atoms with van der Waals surface area (Å²) in [5.41, 5.74) is 0.611. The lowest BCUT2D eigenvalue weighted by molar-refractivity contribution is 0.462. The largest absolute Gasteiger partial charge is 0.744 e. The molecule has 1 rings (SSSR count). The van der Waals surface area contributed by atoms with Gasteiger partial charge in [-0.25, -0.2) is 8.42 Å². The van der Waals surface area contributed by atoms with Gasteiger partial charge in [-0.2, -0.15) is 0 Å². The van der Waals surface area contributed by atoms with Crippen molar-refractivity contribution in [3.05, 3.63) is 29.8 Å². The van der Waals surface area contributed by atoms with Crippen LogP contribution in [0.2, 0.25) is 0 Å². The summed E-state index contributed by atoms with van der Waals surface area (Å²) in [5.74, 6) is 0. The van der Waals surface area contributed by atoms with Crippen molar-refractivity contribution in [2.75, 3.05) is 0 Å². The first-order valence-corrected chi connectivity index (χ1v) is 5.50. The van der Waals surface area contributed by atoms with Crippen LogP contribution in [0.4, 0.5) is 0 Å². The highest BCUT2D eigenvalue weighted by Gasteiger charge is 2.06. The summed E-state index contributed by atoms with van der Waals surface area (Å²) >= 11 is 0. The normalized spacial score (nSPS) is 11.5. The molecule has 0 N–H and O–H groups in total. The van der Waals surface area contributed by atoms with Crippen molar-refractivity contribution in [3.63, 3.8) is 0 Å². The third kappa shape index (κ3) is 2.54. The number of aryl methyl sites for hydroxylation is 1. The third-order valence-corrected chi connectivity index (χ3v) is 2.70. The van der Waals surface area contributed by atoms with Crippen LogP contribution < -0.4 is 0 Å². The number of rotatable bonds is 3. The molecule has 0 heterocycles. The molecule has 0 fully saturated rings. The van der Waals surface area contributed by atoms with Gasteiger partial charge in [-0.3, -0.25) is 0 Å². The zero-order chi connectivity index (χ0) is 9.90. The third-order valence-electron chi connectivity index (χ3n) is 1.76. The summed E-state index contributed by atoms with van der Waals surface area (Å²) in [6, 6.07) is 6.32. The lowest BCUT2D eigenvalue weighted by atomic mass is 10.1. The van der Waals surface area contributed by atoms with Crippen molar-refractivity contribution in [1.82, 2.24) is 0 Å². The quantitative estimate of drug-likeness (QED) is 0.694. The second-order valence-electron chi connectivity index (χ2n) is 2.81. The van der Waals surface area contributed by atoms with E-state index in [1.165, 1.54) is 6.07 Å². The van der Waals surface area contributed by atoms with Gasteiger partial charge in [0, 0.05) is 0 Å². The Morgan fingerprint density at radius 3 is 2.46 bits per heavy atom. The van der Waals surface area contributed by atoms with Crippen molar-refractivity contribution in [2.24, 2.45) is 0 Å². The molecule has 4 heteroatoms. The molecule has 0 bridgehead atoms. The smallest absolute Gasteiger partial charge is 0.124 e. The minimum absolute atomic E-state index is 0.0862. The molecule has 0 aliphatic heterocycles. The van der Waals surface area contributed by atoms with E-state index in [0.29, 0.717) is 12.0 Å². The van der Waals surface area contributed by atoms with Gasteiger partial charge in [0.2, 0.25) is 0 Å². The van der Waals surface area contributed by atoms with Gasteiger partial charge in [-0.05, 0) is 18.1 Å². The SMILES string of the molecule is CCCc1ccccc1S(=O)(=O)[O-]. The summed E-state index contributed by atoms with van der Waals surface area (Å²) in [6.07, 6.45) is 1.45. The Morgan fingerprint density at radius 1 is 1.31 bits per heavy atom. The Kier molecular flexibility index (Phi) is 3.06. The topological polar surface area (TPSA) is 57.2 Å². The summed E-state index contributed by atoms with van der Waals surface area (Å²) in [5, 5.41) is 0. The Balaban J connectivity index is 3.20. The molecule has 0 aliphatic rings. The monoisotopic (exact) mass is 199 g/mol. The van der Waals surface area contributed by atoms with Crippen molar-refractivity contribution in [1.29, 1.82) is 0 Å². The first kappa shape index (κ1) is 10.2. The second-order valence-corrected chi connectivity index (χ2v) is 4.16. The molecule has 1 aromatic rings. The average molecular weight is 199 g/mol. The zero-order valence-electron chi connectivity index (χ0n) is 7.36. The van der Waals surface area contributed by atoms with Gasteiger partial charge in [-0.1, -0.05) is 31.5 Å². The number of hydrogen-bond donors (Lipinski definition) is 0. The van der Waals surface area contributed by atoms with E-state index in [1.54, 1.807) is 18.2 Å².